The minimum atomic E-state index is -1.78. The van der Waals surface area contributed by atoms with Gasteiger partial charge in [-0.3, -0.25) is 14.4 Å². The van der Waals surface area contributed by atoms with Crippen molar-refractivity contribution < 1.29 is 73.1 Å². The smallest absolute Gasteiger partial charge is 0.316 e. The van der Waals surface area contributed by atoms with Crippen LogP contribution in [0.5, 0.6) is 17.2 Å². The number of rotatable bonds is 9. The lowest BCUT2D eigenvalue weighted by molar-refractivity contribution is -0.314. The summed E-state index contributed by atoms with van der Waals surface area (Å²) < 4.78 is 43.2. The van der Waals surface area contributed by atoms with Crippen LogP contribution in [0.4, 0.5) is 0 Å². The standard InChI is InChI=1S/C42H55NO15/c1-8-42(51)17-28(32-21(36(42)41(50)52-7)15-22-33(38(32)48)39(49)35-26(46)10-9-25(45)34(35)37(22)47)57-31-16-23(43(5)6)40(20(4)55-31)58-30-14-12-27(19(3)54-30)56-29-13-11-24(44)18(2)53-29/h9-10,15,18-20,23-24,27-31,36,40,44-46,48,51H,8,11-14,16-17H2,1-7H3/t18?,19?,20?,23?,24?,27?,28-,29?,30?,31?,36-,40?,42+/m0/s1. The van der Waals surface area contributed by atoms with Crippen LogP contribution in [0.25, 0.3) is 0 Å². The van der Waals surface area contributed by atoms with Crippen LogP contribution in [-0.2, 0) is 38.0 Å². The number of nitrogens with zero attached hydrogens (tertiary/aromatic N) is 1. The molecule has 3 saturated heterocycles. The Balaban J connectivity index is 1.13. The van der Waals surface area contributed by atoms with Gasteiger partial charge in [0.05, 0.1) is 66.0 Å². The number of hydrogen-bond acceptors (Lipinski definition) is 16. The third-order valence-corrected chi connectivity index (χ3v) is 12.7. The second-order valence-electron chi connectivity index (χ2n) is 16.5. The highest BCUT2D eigenvalue weighted by molar-refractivity contribution is 6.31. The van der Waals surface area contributed by atoms with Crippen LogP contribution in [0.1, 0.15) is 128 Å². The zero-order valence-corrected chi connectivity index (χ0v) is 33.9. The molecular weight excluding hydrogens is 758 g/mol. The maximum absolute atomic E-state index is 14.0. The Hall–Kier alpha value is -3.71. The van der Waals surface area contributed by atoms with Gasteiger partial charge in [-0.1, -0.05) is 6.92 Å². The Morgan fingerprint density at radius 3 is 2.09 bits per heavy atom. The highest BCUT2D eigenvalue weighted by Crippen LogP contribution is 2.54. The molecule has 58 heavy (non-hydrogen) atoms. The summed E-state index contributed by atoms with van der Waals surface area (Å²) in [6.45, 7) is 7.30. The molecule has 0 spiro atoms. The van der Waals surface area contributed by atoms with E-state index in [0.717, 1.165) is 19.2 Å². The third kappa shape index (κ3) is 7.52. The van der Waals surface area contributed by atoms with Crippen LogP contribution in [0, 0.1) is 0 Å². The number of aliphatic hydroxyl groups excluding tert-OH is 1. The van der Waals surface area contributed by atoms with Crippen LogP contribution >= 0.6 is 0 Å². The molecule has 7 rings (SSSR count). The number of phenolic OH excluding ortho intramolecular Hbond substituents is 3. The fourth-order valence-corrected chi connectivity index (χ4v) is 9.36. The Kier molecular flexibility index (Phi) is 12.0. The molecule has 0 amide bonds. The molecule has 0 radical (unpaired) electrons. The van der Waals surface area contributed by atoms with Crippen molar-refractivity contribution in [1.29, 1.82) is 0 Å². The summed E-state index contributed by atoms with van der Waals surface area (Å²) in [5.74, 6) is -5.75. The van der Waals surface area contributed by atoms with E-state index in [0.29, 0.717) is 25.7 Å². The van der Waals surface area contributed by atoms with E-state index < -0.39 is 106 Å². The van der Waals surface area contributed by atoms with Gasteiger partial charge < -0.3 is 63.6 Å². The lowest BCUT2D eigenvalue weighted by atomic mass is 9.67. The second-order valence-corrected chi connectivity index (χ2v) is 16.5. The van der Waals surface area contributed by atoms with E-state index in [1.54, 1.807) is 6.92 Å². The number of phenols is 3. The summed E-state index contributed by atoms with van der Waals surface area (Å²) in [5, 5.41) is 55.3. The second kappa shape index (κ2) is 16.4. The number of fused-ring (bicyclic) bond motifs is 3. The number of esters is 1. The van der Waals surface area contributed by atoms with Crippen molar-refractivity contribution in [2.24, 2.45) is 0 Å². The number of aliphatic hydroxyl groups is 2. The van der Waals surface area contributed by atoms with Gasteiger partial charge in [0, 0.05) is 42.9 Å². The Morgan fingerprint density at radius 2 is 1.47 bits per heavy atom. The van der Waals surface area contributed by atoms with Crippen molar-refractivity contribution in [3.8, 4) is 17.2 Å². The molecule has 2 aromatic rings. The number of carbonyl (C=O) groups is 3. The molecule has 13 atom stereocenters. The Labute approximate surface area is 336 Å². The highest BCUT2D eigenvalue weighted by atomic mass is 16.7. The van der Waals surface area contributed by atoms with Crippen LogP contribution in [-0.4, -0.2) is 136 Å². The van der Waals surface area contributed by atoms with Crippen molar-refractivity contribution >= 4 is 17.5 Å². The SMILES string of the molecule is CC[C@@]1(O)C[C@H](OC2CC(N(C)C)C(OC3CCC(OC4CCC(O)C(C)O4)C(C)O3)C(C)O2)c2c(cc3c(c2O)C(=O)c2c(O)ccc(O)c2C3=O)[C@H]1C(=O)OC. The Bertz CT molecular complexity index is 1920. The van der Waals surface area contributed by atoms with Crippen LogP contribution in [0.3, 0.4) is 0 Å². The number of methoxy groups -OCH3 is 1. The summed E-state index contributed by atoms with van der Waals surface area (Å²) in [5.41, 5.74) is -3.41. The molecule has 0 aromatic heterocycles. The summed E-state index contributed by atoms with van der Waals surface area (Å²) in [7, 11) is 4.97. The summed E-state index contributed by atoms with van der Waals surface area (Å²) in [6, 6.07) is 3.16. The van der Waals surface area contributed by atoms with Gasteiger partial charge in [-0.2, -0.15) is 0 Å². The number of ether oxygens (including phenoxy) is 7. The molecule has 2 aliphatic carbocycles. The zero-order valence-electron chi connectivity index (χ0n) is 33.9. The number of ketones is 2. The van der Waals surface area contributed by atoms with Crippen LogP contribution in [0.15, 0.2) is 18.2 Å². The first-order chi connectivity index (χ1) is 27.5. The number of aromatic hydroxyl groups is 3. The van der Waals surface area contributed by atoms with E-state index in [-0.39, 0.29) is 60.3 Å². The normalized spacial score (nSPS) is 36.2. The van der Waals surface area contributed by atoms with E-state index in [1.165, 1.54) is 6.07 Å². The monoisotopic (exact) mass is 813 g/mol. The van der Waals surface area contributed by atoms with Crippen LogP contribution in [0.2, 0.25) is 0 Å². The topological polar surface area (TPSA) is 220 Å². The van der Waals surface area contributed by atoms with E-state index in [2.05, 4.69) is 0 Å². The first-order valence-electron chi connectivity index (χ1n) is 20.1. The zero-order chi connectivity index (χ0) is 42.0. The average Bonchev–Trinajstić information content (AvgIpc) is 3.17. The summed E-state index contributed by atoms with van der Waals surface area (Å²) >= 11 is 0. The van der Waals surface area contributed by atoms with Gasteiger partial charge in [0.1, 0.15) is 29.3 Å². The van der Waals surface area contributed by atoms with Crippen LogP contribution < -0.4 is 0 Å². The highest BCUT2D eigenvalue weighted by Gasteiger charge is 2.53. The van der Waals surface area contributed by atoms with Gasteiger partial charge in [-0.05, 0) is 77.9 Å². The lowest BCUT2D eigenvalue weighted by Crippen LogP contribution is -2.57. The van der Waals surface area contributed by atoms with E-state index in [4.69, 9.17) is 33.2 Å². The molecule has 3 aliphatic heterocycles. The first kappa shape index (κ1) is 42.4. The minimum absolute atomic E-state index is 0.00169. The molecule has 2 aromatic carbocycles. The third-order valence-electron chi connectivity index (χ3n) is 12.7. The van der Waals surface area contributed by atoms with Gasteiger partial charge >= 0.3 is 5.97 Å². The van der Waals surface area contributed by atoms with Crippen molar-refractivity contribution in [3.05, 3.63) is 51.6 Å². The van der Waals surface area contributed by atoms with Crippen molar-refractivity contribution in [2.45, 2.75) is 152 Å². The minimum Gasteiger partial charge on any atom is -0.507 e. The van der Waals surface area contributed by atoms with E-state index in [1.807, 2.05) is 39.8 Å². The average molecular weight is 814 g/mol. The number of likely N-dealkylation sites (N-methyl/N-ethyl adjacent to an activating group) is 1. The summed E-state index contributed by atoms with van der Waals surface area (Å²) in [6.07, 6.45) is -2.81. The Morgan fingerprint density at radius 1 is 0.845 bits per heavy atom. The first-order valence-corrected chi connectivity index (χ1v) is 20.1. The van der Waals surface area contributed by atoms with Gasteiger partial charge in [0.15, 0.2) is 24.7 Å². The molecule has 0 saturated carbocycles. The molecule has 3 fully saturated rings. The van der Waals surface area contributed by atoms with Gasteiger partial charge in [-0.25, -0.2) is 0 Å². The molecule has 318 valence electrons. The van der Waals surface area contributed by atoms with E-state index >= 15 is 0 Å². The molecule has 0 bridgehead atoms. The number of carbonyl (C=O) groups excluding carboxylic acids is 3. The van der Waals surface area contributed by atoms with Gasteiger partial charge in [0.2, 0.25) is 5.78 Å². The molecule has 16 nitrogen and oxygen atoms in total. The van der Waals surface area contributed by atoms with E-state index in [9.17, 15) is 39.9 Å². The molecule has 5 aliphatic rings. The van der Waals surface area contributed by atoms with Crippen molar-refractivity contribution in [3.63, 3.8) is 0 Å². The van der Waals surface area contributed by atoms with Crippen molar-refractivity contribution in [2.75, 3.05) is 21.2 Å². The molecule has 10 unspecified atom stereocenters. The quantitative estimate of drug-likeness (QED) is 0.154. The molecule has 5 N–H and O–H groups in total. The maximum atomic E-state index is 14.0. The largest absolute Gasteiger partial charge is 0.507 e. The molecule has 3 heterocycles. The fourth-order valence-electron chi connectivity index (χ4n) is 9.36. The molecular formula is C42H55NO15. The fraction of sp³-hybridized carbons (Fsp3) is 0.643. The molecule has 16 heteroatoms. The van der Waals surface area contributed by atoms with Crippen molar-refractivity contribution in [1.82, 2.24) is 4.90 Å². The number of hydrogen-bond donors (Lipinski definition) is 5. The maximum Gasteiger partial charge on any atom is 0.316 e. The lowest BCUT2D eigenvalue weighted by Gasteiger charge is -2.48. The number of benzene rings is 2. The predicted molar refractivity (Wildman–Crippen MR) is 203 cm³/mol. The van der Waals surface area contributed by atoms with Gasteiger partial charge in [0.25, 0.3) is 0 Å². The predicted octanol–water partition coefficient (Wildman–Crippen LogP) is 3.68. The summed E-state index contributed by atoms with van der Waals surface area (Å²) in [4.78, 5) is 43.3. The van der Waals surface area contributed by atoms with Gasteiger partial charge in [-0.15, -0.1) is 0 Å².